The summed E-state index contributed by atoms with van der Waals surface area (Å²) < 4.78 is 2.15. The molecule has 0 atom stereocenters. The summed E-state index contributed by atoms with van der Waals surface area (Å²) in [7, 11) is 0. The van der Waals surface area contributed by atoms with Gasteiger partial charge in [-0.25, -0.2) is 14.8 Å². The highest BCUT2D eigenvalue weighted by molar-refractivity contribution is 6.24. The van der Waals surface area contributed by atoms with Crippen molar-refractivity contribution in [3.63, 3.8) is 0 Å². The van der Waals surface area contributed by atoms with E-state index in [0.717, 1.165) is 71.5 Å². The van der Waals surface area contributed by atoms with Crippen molar-refractivity contribution in [1.82, 2.24) is 14.4 Å². The molecule has 0 aliphatic rings. The summed E-state index contributed by atoms with van der Waals surface area (Å²) in [5, 5.41) is 5.54. The molecule has 5 aromatic carbocycles. The molecular weight excluding hydrogens is 476 g/mol. The third-order valence-electron chi connectivity index (χ3n) is 7.58. The minimum atomic E-state index is 0.633. The maximum absolute atomic E-state index is 7.58. The number of rotatable bonds is 2. The molecule has 39 heavy (non-hydrogen) atoms. The predicted molar refractivity (Wildman–Crippen MR) is 160 cm³/mol. The van der Waals surface area contributed by atoms with E-state index in [-0.39, 0.29) is 0 Å². The van der Waals surface area contributed by atoms with Gasteiger partial charge in [0.15, 0.2) is 5.69 Å². The zero-order chi connectivity index (χ0) is 25.9. The van der Waals surface area contributed by atoms with Gasteiger partial charge in [-0.3, -0.25) is 4.40 Å². The number of nitrogens with zero attached hydrogens (tertiary/aromatic N) is 4. The van der Waals surface area contributed by atoms with Crippen LogP contribution in [0.3, 0.4) is 0 Å². The lowest BCUT2D eigenvalue weighted by Gasteiger charge is -2.18. The Bertz CT molecular complexity index is 2250. The number of fused-ring (bicyclic) bond motifs is 7. The Labute approximate surface area is 224 Å². The SMILES string of the molecule is [C-]#[N+]c1cccc(-c2c3ccccc3c(-c3nc4ccccc4c4nc5ccccn5c34)c3ccccc23)c1. The van der Waals surface area contributed by atoms with E-state index in [4.69, 9.17) is 16.5 Å². The Morgan fingerprint density at radius 1 is 0.590 bits per heavy atom. The van der Waals surface area contributed by atoms with Crippen molar-refractivity contribution >= 4 is 54.8 Å². The molecule has 0 radical (unpaired) electrons. The Hall–Kier alpha value is -5.53. The van der Waals surface area contributed by atoms with E-state index in [1.807, 2.05) is 48.5 Å². The van der Waals surface area contributed by atoms with E-state index in [1.54, 1.807) is 0 Å². The molecule has 0 spiro atoms. The fourth-order valence-corrected chi connectivity index (χ4v) is 5.95. The van der Waals surface area contributed by atoms with E-state index in [9.17, 15) is 0 Å². The highest BCUT2D eigenvalue weighted by atomic mass is 15.0. The number of para-hydroxylation sites is 1. The summed E-state index contributed by atoms with van der Waals surface area (Å²) in [6, 6.07) is 39.3. The second-order valence-corrected chi connectivity index (χ2v) is 9.72. The molecule has 0 amide bonds. The number of hydrogen-bond acceptors (Lipinski definition) is 2. The molecule has 0 aliphatic heterocycles. The van der Waals surface area contributed by atoms with Crippen molar-refractivity contribution in [1.29, 1.82) is 0 Å². The number of pyridine rings is 2. The Morgan fingerprint density at radius 3 is 1.95 bits per heavy atom. The Balaban J connectivity index is 1.61. The zero-order valence-corrected chi connectivity index (χ0v) is 20.8. The van der Waals surface area contributed by atoms with Crippen molar-refractivity contribution in [2.24, 2.45) is 0 Å². The van der Waals surface area contributed by atoms with Crippen LogP contribution in [0.5, 0.6) is 0 Å². The van der Waals surface area contributed by atoms with E-state index in [0.29, 0.717) is 5.69 Å². The van der Waals surface area contributed by atoms with Gasteiger partial charge in [0.05, 0.1) is 17.8 Å². The molecule has 0 bridgehead atoms. The molecule has 3 aromatic heterocycles. The van der Waals surface area contributed by atoms with Gasteiger partial charge in [-0.15, -0.1) is 0 Å². The first-order chi connectivity index (χ1) is 19.3. The molecule has 4 heteroatoms. The van der Waals surface area contributed by atoms with Crippen molar-refractivity contribution in [3.8, 4) is 22.4 Å². The Morgan fingerprint density at radius 2 is 1.23 bits per heavy atom. The molecule has 180 valence electrons. The van der Waals surface area contributed by atoms with Crippen molar-refractivity contribution in [2.45, 2.75) is 0 Å². The van der Waals surface area contributed by atoms with Crippen LogP contribution in [0.15, 0.2) is 121 Å². The topological polar surface area (TPSA) is 34.5 Å². The molecule has 0 unspecified atom stereocenters. The van der Waals surface area contributed by atoms with E-state index >= 15 is 0 Å². The van der Waals surface area contributed by atoms with Gasteiger partial charge >= 0.3 is 0 Å². The van der Waals surface area contributed by atoms with Crippen molar-refractivity contribution < 1.29 is 0 Å². The van der Waals surface area contributed by atoms with Crippen LogP contribution in [0.25, 0.3) is 76.4 Å². The largest absolute Gasteiger partial charge is 0.298 e. The fourth-order valence-electron chi connectivity index (χ4n) is 5.95. The summed E-state index contributed by atoms with van der Waals surface area (Å²) in [4.78, 5) is 14.1. The molecule has 0 saturated carbocycles. The van der Waals surface area contributed by atoms with Gasteiger partial charge in [-0.2, -0.15) is 0 Å². The summed E-state index contributed by atoms with van der Waals surface area (Å²) in [6.45, 7) is 7.58. The average molecular weight is 497 g/mol. The predicted octanol–water partition coefficient (Wildman–Crippen LogP) is 9.23. The quantitative estimate of drug-likeness (QED) is 0.177. The van der Waals surface area contributed by atoms with Crippen LogP contribution < -0.4 is 0 Å². The number of benzene rings is 5. The summed E-state index contributed by atoms with van der Waals surface area (Å²) in [5.74, 6) is 0. The van der Waals surface area contributed by atoms with Crippen LogP contribution in [0.2, 0.25) is 0 Å². The molecule has 8 rings (SSSR count). The third-order valence-corrected chi connectivity index (χ3v) is 7.58. The first-order valence-electron chi connectivity index (χ1n) is 12.9. The number of imidazole rings is 1. The molecule has 3 heterocycles. The second-order valence-electron chi connectivity index (χ2n) is 9.72. The van der Waals surface area contributed by atoms with Crippen LogP contribution in [-0.2, 0) is 0 Å². The standard InChI is InChI=1S/C35H20N4/c1-36-23-12-10-11-22(21-23)31-24-13-2-4-15-26(24)32(27-16-5-3-14-25(27)31)34-35-33(28-17-6-7-18-29(28)37-34)38-30-19-8-9-20-39(30)35/h2-21H. The summed E-state index contributed by atoms with van der Waals surface area (Å²) in [6.07, 6.45) is 2.07. The van der Waals surface area contributed by atoms with E-state index in [2.05, 4.69) is 82.2 Å². The minimum absolute atomic E-state index is 0.633. The average Bonchev–Trinajstić information content (AvgIpc) is 3.40. The van der Waals surface area contributed by atoms with Gasteiger partial charge in [-0.1, -0.05) is 91.0 Å². The molecule has 8 aromatic rings. The van der Waals surface area contributed by atoms with Crippen LogP contribution in [0, 0.1) is 6.57 Å². The van der Waals surface area contributed by atoms with Crippen LogP contribution in [0.1, 0.15) is 0 Å². The van der Waals surface area contributed by atoms with Gasteiger partial charge < -0.3 is 0 Å². The molecule has 0 saturated heterocycles. The second kappa shape index (κ2) is 8.24. The number of aromatic nitrogens is 3. The maximum atomic E-state index is 7.58. The molecule has 0 aliphatic carbocycles. The number of hydrogen-bond donors (Lipinski definition) is 0. The lowest BCUT2D eigenvalue weighted by atomic mass is 9.87. The van der Waals surface area contributed by atoms with Gasteiger partial charge in [0.1, 0.15) is 16.7 Å². The van der Waals surface area contributed by atoms with Gasteiger partial charge in [0.2, 0.25) is 0 Å². The van der Waals surface area contributed by atoms with Crippen LogP contribution in [0.4, 0.5) is 5.69 Å². The lowest BCUT2D eigenvalue weighted by Crippen LogP contribution is -1.96. The smallest absolute Gasteiger partial charge is 0.187 e. The first-order valence-corrected chi connectivity index (χ1v) is 12.9. The fraction of sp³-hybridized carbons (Fsp3) is 0. The third kappa shape index (κ3) is 3.11. The Kier molecular flexibility index (Phi) is 4.55. The summed E-state index contributed by atoms with van der Waals surface area (Å²) in [5.41, 5.74) is 8.57. The minimum Gasteiger partial charge on any atom is -0.298 e. The van der Waals surface area contributed by atoms with Crippen molar-refractivity contribution in [2.75, 3.05) is 0 Å². The zero-order valence-electron chi connectivity index (χ0n) is 20.8. The summed E-state index contributed by atoms with van der Waals surface area (Å²) >= 11 is 0. The van der Waals surface area contributed by atoms with Gasteiger partial charge in [0, 0.05) is 17.1 Å². The lowest BCUT2D eigenvalue weighted by molar-refractivity contribution is 1.22. The van der Waals surface area contributed by atoms with E-state index < -0.39 is 0 Å². The van der Waals surface area contributed by atoms with Gasteiger partial charge in [0.25, 0.3) is 0 Å². The molecular formula is C35H20N4. The normalized spacial score (nSPS) is 11.6. The maximum Gasteiger partial charge on any atom is 0.187 e. The van der Waals surface area contributed by atoms with Crippen molar-refractivity contribution in [3.05, 3.63) is 133 Å². The molecule has 0 N–H and O–H groups in total. The first kappa shape index (κ1) is 21.5. The molecule has 4 nitrogen and oxygen atoms in total. The monoisotopic (exact) mass is 496 g/mol. The highest BCUT2D eigenvalue weighted by Crippen LogP contribution is 2.45. The highest BCUT2D eigenvalue weighted by Gasteiger charge is 2.22. The van der Waals surface area contributed by atoms with E-state index in [1.165, 1.54) is 0 Å². The van der Waals surface area contributed by atoms with Crippen LogP contribution >= 0.6 is 0 Å². The van der Waals surface area contributed by atoms with Gasteiger partial charge in [-0.05, 0) is 56.9 Å². The van der Waals surface area contributed by atoms with Crippen LogP contribution in [-0.4, -0.2) is 14.4 Å². The molecule has 0 fully saturated rings.